The molecule has 0 radical (unpaired) electrons. The van der Waals surface area contributed by atoms with Crippen molar-refractivity contribution in [2.45, 2.75) is 38.9 Å². The monoisotopic (exact) mass is 198 g/mol. The summed E-state index contributed by atoms with van der Waals surface area (Å²) in [7, 11) is 0. The van der Waals surface area contributed by atoms with Crippen LogP contribution in [0.15, 0.2) is 0 Å². The lowest BCUT2D eigenvalue weighted by molar-refractivity contribution is 0.0678. The Kier molecular flexibility index (Phi) is 3.10. The van der Waals surface area contributed by atoms with Crippen LogP contribution in [0, 0.1) is 5.92 Å². The maximum Gasteiger partial charge on any atom is 0.0625 e. The summed E-state index contributed by atoms with van der Waals surface area (Å²) in [5, 5.41) is 3.52. The molecule has 0 amide bonds. The van der Waals surface area contributed by atoms with Gasteiger partial charge in [-0.2, -0.15) is 0 Å². The molecule has 4 atom stereocenters. The van der Waals surface area contributed by atoms with E-state index in [0.29, 0.717) is 24.0 Å². The minimum atomic E-state index is 0.608. The lowest BCUT2D eigenvalue weighted by Crippen LogP contribution is -2.59. The quantitative estimate of drug-likeness (QED) is 0.671. The Morgan fingerprint density at radius 1 is 1.21 bits per heavy atom. The van der Waals surface area contributed by atoms with Crippen LogP contribution in [0.3, 0.4) is 0 Å². The van der Waals surface area contributed by atoms with Crippen molar-refractivity contribution in [3.63, 3.8) is 0 Å². The summed E-state index contributed by atoms with van der Waals surface area (Å²) in [5.74, 6) is 0.697. The zero-order chi connectivity index (χ0) is 10.1. The zero-order valence-corrected chi connectivity index (χ0v) is 9.49. The highest BCUT2D eigenvalue weighted by molar-refractivity contribution is 4.91. The maximum absolute atomic E-state index is 5.54. The predicted octanol–water partition coefficient (Wildman–Crippen LogP) is 0.703. The predicted molar refractivity (Wildman–Crippen MR) is 57.4 cm³/mol. The van der Waals surface area contributed by atoms with Gasteiger partial charge in [0.25, 0.3) is 0 Å². The van der Waals surface area contributed by atoms with Crippen LogP contribution in [0.2, 0.25) is 0 Å². The first kappa shape index (κ1) is 10.4. The molecule has 0 aromatic heterocycles. The molecule has 0 aromatic carbocycles. The van der Waals surface area contributed by atoms with Gasteiger partial charge in [0.2, 0.25) is 0 Å². The van der Waals surface area contributed by atoms with E-state index >= 15 is 0 Å². The molecule has 2 rings (SSSR count). The van der Waals surface area contributed by atoms with E-state index in [0.717, 1.165) is 19.8 Å². The lowest BCUT2D eigenvalue weighted by atomic mass is 9.98. The molecule has 1 N–H and O–H groups in total. The van der Waals surface area contributed by atoms with Crippen LogP contribution in [0.25, 0.3) is 0 Å². The molecule has 82 valence electrons. The fraction of sp³-hybridized carbons (Fsp3) is 1.00. The van der Waals surface area contributed by atoms with Crippen LogP contribution in [-0.2, 0) is 4.74 Å². The Labute approximate surface area is 86.8 Å². The molecule has 14 heavy (non-hydrogen) atoms. The molecule has 2 saturated heterocycles. The Morgan fingerprint density at radius 3 is 2.64 bits per heavy atom. The fourth-order valence-electron chi connectivity index (χ4n) is 2.62. The third-order valence-electron chi connectivity index (χ3n) is 3.84. The number of hydrogen-bond donors (Lipinski definition) is 1. The molecule has 0 bridgehead atoms. The second-order valence-electron chi connectivity index (χ2n) is 4.80. The highest BCUT2D eigenvalue weighted by Gasteiger charge is 2.35. The second-order valence-corrected chi connectivity index (χ2v) is 4.80. The second kappa shape index (κ2) is 4.17. The summed E-state index contributed by atoms with van der Waals surface area (Å²) in [4.78, 5) is 2.62. The lowest BCUT2D eigenvalue weighted by Gasteiger charge is -2.43. The van der Waals surface area contributed by atoms with Gasteiger partial charge in [0.1, 0.15) is 0 Å². The Balaban J connectivity index is 2.01. The van der Waals surface area contributed by atoms with E-state index in [1.807, 2.05) is 0 Å². The largest absolute Gasteiger partial charge is 0.379 e. The van der Waals surface area contributed by atoms with Crippen molar-refractivity contribution < 1.29 is 4.74 Å². The maximum atomic E-state index is 5.54. The van der Waals surface area contributed by atoms with Crippen LogP contribution >= 0.6 is 0 Å². The Morgan fingerprint density at radius 2 is 2.00 bits per heavy atom. The number of nitrogens with one attached hydrogen (secondary N) is 1. The topological polar surface area (TPSA) is 24.5 Å². The third-order valence-corrected chi connectivity index (χ3v) is 3.84. The Hall–Kier alpha value is -0.120. The number of ether oxygens (including phenoxy) is 1. The minimum absolute atomic E-state index is 0.608. The zero-order valence-electron chi connectivity index (χ0n) is 9.49. The van der Waals surface area contributed by atoms with Gasteiger partial charge in [-0.15, -0.1) is 0 Å². The smallest absolute Gasteiger partial charge is 0.0625 e. The van der Waals surface area contributed by atoms with Gasteiger partial charge in [0.05, 0.1) is 13.2 Å². The van der Waals surface area contributed by atoms with Gasteiger partial charge in [-0.25, -0.2) is 0 Å². The summed E-state index contributed by atoms with van der Waals surface area (Å²) < 4.78 is 5.54. The van der Waals surface area contributed by atoms with E-state index in [2.05, 4.69) is 31.0 Å². The summed E-state index contributed by atoms with van der Waals surface area (Å²) in [6, 6.07) is 1.89. The van der Waals surface area contributed by atoms with E-state index < -0.39 is 0 Å². The van der Waals surface area contributed by atoms with Crippen molar-refractivity contribution in [1.82, 2.24) is 10.2 Å². The van der Waals surface area contributed by atoms with E-state index in [1.54, 1.807) is 0 Å². The molecule has 2 heterocycles. The number of nitrogens with zero attached hydrogens (tertiary/aromatic N) is 1. The van der Waals surface area contributed by atoms with Gasteiger partial charge in [-0.1, -0.05) is 6.92 Å². The minimum Gasteiger partial charge on any atom is -0.379 e. The average molecular weight is 198 g/mol. The molecular formula is C11H22N2O. The van der Waals surface area contributed by atoms with Gasteiger partial charge in [-0.3, -0.25) is 4.90 Å². The first-order valence-electron chi connectivity index (χ1n) is 5.77. The fourth-order valence-corrected chi connectivity index (χ4v) is 2.62. The van der Waals surface area contributed by atoms with Gasteiger partial charge in [0, 0.05) is 31.2 Å². The highest BCUT2D eigenvalue weighted by Crippen LogP contribution is 2.23. The van der Waals surface area contributed by atoms with Crippen LogP contribution in [0.1, 0.15) is 20.8 Å². The molecular weight excluding hydrogens is 176 g/mol. The number of rotatable bonds is 1. The van der Waals surface area contributed by atoms with E-state index in [4.69, 9.17) is 4.74 Å². The van der Waals surface area contributed by atoms with Gasteiger partial charge in [-0.05, 0) is 19.8 Å². The van der Waals surface area contributed by atoms with Crippen molar-refractivity contribution in [2.75, 3.05) is 26.3 Å². The first-order valence-corrected chi connectivity index (χ1v) is 5.77. The van der Waals surface area contributed by atoms with Crippen molar-refractivity contribution in [2.24, 2.45) is 5.92 Å². The van der Waals surface area contributed by atoms with Crippen molar-refractivity contribution in [1.29, 1.82) is 0 Å². The molecule has 2 fully saturated rings. The summed E-state index contributed by atoms with van der Waals surface area (Å²) in [6.07, 6.45) is 0. The molecule has 4 unspecified atom stereocenters. The molecule has 3 nitrogen and oxygen atoms in total. The van der Waals surface area contributed by atoms with Crippen molar-refractivity contribution >= 4 is 0 Å². The van der Waals surface area contributed by atoms with Crippen molar-refractivity contribution in [3.8, 4) is 0 Å². The van der Waals surface area contributed by atoms with Crippen molar-refractivity contribution in [3.05, 3.63) is 0 Å². The van der Waals surface area contributed by atoms with Gasteiger partial charge < -0.3 is 10.1 Å². The van der Waals surface area contributed by atoms with E-state index in [1.165, 1.54) is 6.54 Å². The molecule has 2 aliphatic heterocycles. The average Bonchev–Trinajstić information content (AvgIpc) is 2.57. The van der Waals surface area contributed by atoms with E-state index in [-0.39, 0.29) is 0 Å². The molecule has 0 aromatic rings. The van der Waals surface area contributed by atoms with Crippen LogP contribution < -0.4 is 5.32 Å². The Bertz CT molecular complexity index is 198. The highest BCUT2D eigenvalue weighted by atomic mass is 16.5. The summed E-state index contributed by atoms with van der Waals surface area (Å²) >= 11 is 0. The molecule has 0 saturated carbocycles. The molecule has 0 spiro atoms. The standard InChI is InChI=1S/C11H22N2O/c1-8-6-14-7-11(8)13-5-4-12-9(2)10(13)3/h8-12H,4-7H2,1-3H3. The SMILES string of the molecule is CC1COCC1N1CCNC(C)C1C. The molecule has 3 heteroatoms. The summed E-state index contributed by atoms with van der Waals surface area (Å²) in [5.41, 5.74) is 0. The third kappa shape index (κ3) is 1.81. The van der Waals surface area contributed by atoms with Gasteiger partial charge >= 0.3 is 0 Å². The number of hydrogen-bond acceptors (Lipinski definition) is 3. The summed E-state index contributed by atoms with van der Waals surface area (Å²) in [6.45, 7) is 11.1. The van der Waals surface area contributed by atoms with Crippen LogP contribution in [0.4, 0.5) is 0 Å². The van der Waals surface area contributed by atoms with Gasteiger partial charge in [0.15, 0.2) is 0 Å². The normalized spacial score (nSPS) is 45.6. The van der Waals surface area contributed by atoms with Crippen LogP contribution in [0.5, 0.6) is 0 Å². The molecule has 0 aliphatic carbocycles. The van der Waals surface area contributed by atoms with E-state index in [9.17, 15) is 0 Å². The first-order chi connectivity index (χ1) is 6.70. The molecule has 2 aliphatic rings. The number of piperazine rings is 1. The van der Waals surface area contributed by atoms with Crippen LogP contribution in [-0.4, -0.2) is 49.3 Å².